The summed E-state index contributed by atoms with van der Waals surface area (Å²) in [6.45, 7) is 2.12. The lowest BCUT2D eigenvalue weighted by Gasteiger charge is -2.28. The quantitative estimate of drug-likeness (QED) is 0.874. The van der Waals surface area contributed by atoms with Crippen molar-refractivity contribution >= 4 is 0 Å². The topological polar surface area (TPSA) is 41.5 Å². The molecule has 3 heteroatoms. The third-order valence-electron chi connectivity index (χ3n) is 5.15. The first-order valence-corrected chi connectivity index (χ1v) is 8.58. The van der Waals surface area contributed by atoms with Crippen LogP contribution in [0.4, 0.5) is 0 Å². The van der Waals surface area contributed by atoms with Gasteiger partial charge in [-0.25, -0.2) is 0 Å². The maximum atomic E-state index is 10.2. The van der Waals surface area contributed by atoms with Crippen molar-refractivity contribution in [3.8, 4) is 11.5 Å². The fraction of sp³-hybridized carbons (Fsp3) is 0.400. The molecule has 0 saturated heterocycles. The monoisotopic (exact) mass is 309 g/mol. The molecule has 2 N–H and O–H groups in total. The molecule has 0 amide bonds. The van der Waals surface area contributed by atoms with Crippen LogP contribution in [0.2, 0.25) is 0 Å². The first-order chi connectivity index (χ1) is 11.2. The summed E-state index contributed by atoms with van der Waals surface area (Å²) in [5, 5.41) is 10.2. The van der Waals surface area contributed by atoms with Gasteiger partial charge >= 0.3 is 0 Å². The molecule has 1 fully saturated rings. The van der Waals surface area contributed by atoms with Gasteiger partial charge in [0, 0.05) is 11.1 Å². The molecule has 1 atom stereocenters. The molecule has 1 saturated carbocycles. The van der Waals surface area contributed by atoms with Crippen molar-refractivity contribution in [2.75, 3.05) is 0 Å². The number of hydroxylamine groups is 1. The molecule has 0 bridgehead atoms. The average Bonchev–Trinajstić information content (AvgIpc) is 3.36. The smallest absolute Gasteiger partial charge is 0.159 e. The Kier molecular flexibility index (Phi) is 3.53. The van der Waals surface area contributed by atoms with Gasteiger partial charge in [0.1, 0.15) is 5.75 Å². The van der Waals surface area contributed by atoms with Crippen LogP contribution in [0.3, 0.4) is 0 Å². The van der Waals surface area contributed by atoms with E-state index in [2.05, 4.69) is 42.7 Å². The zero-order valence-electron chi connectivity index (χ0n) is 13.5. The van der Waals surface area contributed by atoms with E-state index in [-0.39, 0.29) is 5.54 Å². The highest BCUT2D eigenvalue weighted by Crippen LogP contribution is 2.54. The number of benzene rings is 2. The van der Waals surface area contributed by atoms with Crippen LogP contribution in [0.5, 0.6) is 11.5 Å². The molecule has 23 heavy (non-hydrogen) atoms. The predicted molar refractivity (Wildman–Crippen MR) is 90.4 cm³/mol. The van der Waals surface area contributed by atoms with E-state index in [9.17, 15) is 5.11 Å². The van der Waals surface area contributed by atoms with Gasteiger partial charge in [0.25, 0.3) is 0 Å². The maximum absolute atomic E-state index is 10.2. The van der Waals surface area contributed by atoms with Gasteiger partial charge in [0.05, 0.1) is 5.54 Å². The largest absolute Gasteiger partial charge is 0.508 e. The van der Waals surface area contributed by atoms with Crippen molar-refractivity contribution in [3.05, 3.63) is 59.2 Å². The third kappa shape index (κ3) is 2.40. The van der Waals surface area contributed by atoms with Crippen LogP contribution in [0.15, 0.2) is 42.5 Å². The zero-order chi connectivity index (χ0) is 15.9. The molecule has 1 aliphatic heterocycles. The first-order valence-electron chi connectivity index (χ1n) is 8.58. The minimum Gasteiger partial charge on any atom is -0.508 e. The highest BCUT2D eigenvalue weighted by atomic mass is 16.7. The maximum Gasteiger partial charge on any atom is 0.159 e. The molecule has 4 rings (SSSR count). The molecule has 1 unspecified atom stereocenters. The summed E-state index contributed by atoms with van der Waals surface area (Å²) in [6.07, 6.45) is 5.20. The molecule has 1 aliphatic carbocycles. The third-order valence-corrected chi connectivity index (χ3v) is 5.15. The summed E-state index contributed by atoms with van der Waals surface area (Å²) in [4.78, 5) is 5.94. The number of phenols is 1. The van der Waals surface area contributed by atoms with E-state index in [0.717, 1.165) is 30.6 Å². The van der Waals surface area contributed by atoms with Gasteiger partial charge in [0.2, 0.25) is 0 Å². The molecule has 2 aromatic carbocycles. The van der Waals surface area contributed by atoms with Gasteiger partial charge in [-0.3, -0.25) is 0 Å². The molecular formula is C20H23NO2. The Morgan fingerprint density at radius 1 is 1.17 bits per heavy atom. The Morgan fingerprint density at radius 2 is 1.96 bits per heavy atom. The molecule has 1 heterocycles. The Hall–Kier alpha value is -2.00. The minimum atomic E-state index is -0.160. The van der Waals surface area contributed by atoms with Crippen LogP contribution >= 0.6 is 0 Å². The molecule has 0 radical (unpaired) electrons. The number of fused-ring (bicyclic) bond motifs is 1. The number of aromatic hydroxyl groups is 1. The highest BCUT2D eigenvalue weighted by molar-refractivity contribution is 5.55. The number of phenolic OH excluding ortho intramolecular Hbond substituents is 1. The molecule has 0 spiro atoms. The Balaban J connectivity index is 1.78. The fourth-order valence-electron chi connectivity index (χ4n) is 3.85. The Morgan fingerprint density at radius 3 is 2.65 bits per heavy atom. The van der Waals surface area contributed by atoms with Gasteiger partial charge in [-0.2, -0.15) is 0 Å². The second kappa shape index (κ2) is 5.57. The fourth-order valence-corrected chi connectivity index (χ4v) is 3.85. The summed E-state index contributed by atoms with van der Waals surface area (Å²) in [6, 6.07) is 14.5. The van der Waals surface area contributed by atoms with Crippen molar-refractivity contribution in [2.24, 2.45) is 5.92 Å². The normalized spacial score (nSPS) is 22.7. The average molecular weight is 309 g/mol. The van der Waals surface area contributed by atoms with Gasteiger partial charge in [0.15, 0.2) is 5.75 Å². The van der Waals surface area contributed by atoms with Gasteiger partial charge in [-0.15, -0.1) is 5.48 Å². The SMILES string of the molecule is CCCc1c(O)ccc2c1ONC2(Cc1ccccc1)C1CC1. The van der Waals surface area contributed by atoms with Crippen molar-refractivity contribution in [2.45, 2.75) is 44.6 Å². The second-order valence-corrected chi connectivity index (χ2v) is 6.80. The predicted octanol–water partition coefficient (Wildman–Crippen LogP) is 4.09. The van der Waals surface area contributed by atoms with E-state index in [0.29, 0.717) is 11.7 Å². The lowest BCUT2D eigenvalue weighted by molar-refractivity contribution is 0.110. The van der Waals surface area contributed by atoms with Gasteiger partial charge in [-0.1, -0.05) is 43.7 Å². The van der Waals surface area contributed by atoms with Crippen molar-refractivity contribution in [1.82, 2.24) is 5.48 Å². The molecule has 2 aliphatic rings. The molecule has 3 nitrogen and oxygen atoms in total. The lowest BCUT2D eigenvalue weighted by Crippen LogP contribution is -2.43. The number of rotatable bonds is 5. The van der Waals surface area contributed by atoms with Crippen LogP contribution < -0.4 is 10.3 Å². The lowest BCUT2D eigenvalue weighted by atomic mass is 9.79. The zero-order valence-corrected chi connectivity index (χ0v) is 13.5. The molecular weight excluding hydrogens is 286 g/mol. The summed E-state index contributed by atoms with van der Waals surface area (Å²) in [7, 11) is 0. The van der Waals surface area contributed by atoms with Crippen LogP contribution in [0, 0.1) is 5.92 Å². The summed E-state index contributed by atoms with van der Waals surface area (Å²) in [5.74, 6) is 1.80. The summed E-state index contributed by atoms with van der Waals surface area (Å²) >= 11 is 0. The molecule has 0 aromatic heterocycles. The number of nitrogens with one attached hydrogen (secondary N) is 1. The van der Waals surface area contributed by atoms with Crippen LogP contribution in [0.25, 0.3) is 0 Å². The molecule has 2 aromatic rings. The van der Waals surface area contributed by atoms with Crippen molar-refractivity contribution < 1.29 is 9.94 Å². The van der Waals surface area contributed by atoms with Crippen molar-refractivity contribution in [1.29, 1.82) is 0 Å². The van der Waals surface area contributed by atoms with Crippen LogP contribution in [0.1, 0.15) is 42.9 Å². The minimum absolute atomic E-state index is 0.160. The van der Waals surface area contributed by atoms with Crippen molar-refractivity contribution in [3.63, 3.8) is 0 Å². The molecule has 120 valence electrons. The van der Waals surface area contributed by atoms with E-state index in [4.69, 9.17) is 4.84 Å². The van der Waals surface area contributed by atoms with E-state index < -0.39 is 0 Å². The Bertz CT molecular complexity index is 709. The standard InChI is InChI=1S/C20H23NO2/c1-2-6-16-18(22)12-11-17-19(16)23-21-20(17,15-9-10-15)13-14-7-4-3-5-8-14/h3-5,7-8,11-12,15,21-22H,2,6,9-10,13H2,1H3. The number of hydrogen-bond donors (Lipinski definition) is 2. The van der Waals surface area contributed by atoms with Crippen LogP contribution in [-0.4, -0.2) is 5.11 Å². The first kappa shape index (κ1) is 14.6. The van der Waals surface area contributed by atoms with E-state index in [1.165, 1.54) is 24.0 Å². The number of hydrogen-bond acceptors (Lipinski definition) is 3. The second-order valence-electron chi connectivity index (χ2n) is 6.80. The Labute approximate surface area is 137 Å². The summed E-state index contributed by atoms with van der Waals surface area (Å²) < 4.78 is 0. The van der Waals surface area contributed by atoms with E-state index >= 15 is 0 Å². The van der Waals surface area contributed by atoms with E-state index in [1.807, 2.05) is 12.1 Å². The van der Waals surface area contributed by atoms with Gasteiger partial charge in [-0.05, 0) is 49.3 Å². The highest BCUT2D eigenvalue weighted by Gasteiger charge is 2.52. The van der Waals surface area contributed by atoms with Gasteiger partial charge < -0.3 is 9.94 Å². The summed E-state index contributed by atoms with van der Waals surface area (Å²) in [5.41, 5.74) is 6.67. The van der Waals surface area contributed by atoms with Crippen LogP contribution in [-0.2, 0) is 18.4 Å². The van der Waals surface area contributed by atoms with E-state index in [1.54, 1.807) is 0 Å².